The summed E-state index contributed by atoms with van der Waals surface area (Å²) in [5, 5.41) is 12.7. The summed E-state index contributed by atoms with van der Waals surface area (Å²) in [5.74, 6) is 0.182. The number of carbonyl (C=O) groups is 2. The smallest absolute Gasteiger partial charge is 0.343 e. The largest absolute Gasteiger partial charge is 0.490 e. The van der Waals surface area contributed by atoms with Crippen LogP contribution in [0, 0.1) is 11.8 Å². The minimum absolute atomic E-state index is 0.0346. The monoisotopic (exact) mass is 728 g/mol. The Morgan fingerprint density at radius 3 is 2.81 bits per heavy atom. The van der Waals surface area contributed by atoms with Crippen LogP contribution < -0.4 is 9.64 Å². The molecule has 2 aromatic rings. The van der Waals surface area contributed by atoms with Crippen molar-refractivity contribution in [2.75, 3.05) is 51.9 Å². The maximum atomic E-state index is 13.4. The first kappa shape index (κ1) is 34.3. The molecule has 254 valence electrons. The summed E-state index contributed by atoms with van der Waals surface area (Å²) in [5.41, 5.74) is 1.23. The summed E-state index contributed by atoms with van der Waals surface area (Å²) in [4.78, 5) is 30.9. The van der Waals surface area contributed by atoms with Crippen molar-refractivity contribution in [3.63, 3.8) is 0 Å². The standard InChI is InChI=1S/C37H46BrClN2O6/c1-24(38)21-46-32-8-4-5-16-40(2)34(42)19-37(44,35(43)45-3)27-10-14-33-31(18-27)41(20-26-9-12-29(26)32)22-36(23-47-33)15-6-7-25-17-28(39)11-13-30(25)36/h4,8,10-11,13-14,17-18,24,26,29,32,44H,5-7,9,12,15-16,19-23H2,1-3H3/b8-4+/t24?,26-,29+,32-,36-,37+/m0/s1. The van der Waals surface area contributed by atoms with Gasteiger partial charge in [-0.15, -0.1) is 0 Å². The van der Waals surface area contributed by atoms with Crippen molar-refractivity contribution >= 4 is 45.1 Å². The van der Waals surface area contributed by atoms with E-state index >= 15 is 0 Å². The number of hydrogen-bond donors (Lipinski definition) is 1. The number of rotatable bonds is 4. The van der Waals surface area contributed by atoms with Gasteiger partial charge >= 0.3 is 5.97 Å². The summed E-state index contributed by atoms with van der Waals surface area (Å²) in [6, 6.07) is 11.6. The Hall–Kier alpha value is -2.59. The first-order valence-corrected chi connectivity index (χ1v) is 18.1. The van der Waals surface area contributed by atoms with E-state index < -0.39 is 18.0 Å². The molecule has 10 heteroatoms. The van der Waals surface area contributed by atoms with Crippen LogP contribution in [0.25, 0.3) is 0 Å². The highest BCUT2D eigenvalue weighted by atomic mass is 79.9. The van der Waals surface area contributed by atoms with E-state index in [0.717, 1.165) is 49.4 Å². The average Bonchev–Trinajstić information content (AvgIpc) is 3.19. The number of amides is 1. The number of aryl methyl sites for hydroxylation is 1. The molecule has 47 heavy (non-hydrogen) atoms. The Morgan fingerprint density at radius 1 is 1.23 bits per heavy atom. The van der Waals surface area contributed by atoms with Gasteiger partial charge in [0.15, 0.2) is 5.60 Å². The van der Waals surface area contributed by atoms with Gasteiger partial charge in [0.25, 0.3) is 0 Å². The van der Waals surface area contributed by atoms with Gasteiger partial charge in [-0.25, -0.2) is 4.79 Å². The summed E-state index contributed by atoms with van der Waals surface area (Å²) < 4.78 is 18.2. The lowest BCUT2D eigenvalue weighted by atomic mass is 9.68. The van der Waals surface area contributed by atoms with E-state index in [1.807, 2.05) is 18.2 Å². The fourth-order valence-corrected chi connectivity index (χ4v) is 8.26. The summed E-state index contributed by atoms with van der Waals surface area (Å²) in [6.07, 6.45) is 9.56. The number of ether oxygens (including phenoxy) is 3. The highest BCUT2D eigenvalue weighted by molar-refractivity contribution is 9.09. The van der Waals surface area contributed by atoms with Crippen molar-refractivity contribution in [1.82, 2.24) is 4.90 Å². The number of alkyl halides is 1. The van der Waals surface area contributed by atoms with Crippen molar-refractivity contribution in [2.24, 2.45) is 11.8 Å². The number of halogens is 2. The average molecular weight is 730 g/mol. The number of aliphatic hydroxyl groups is 1. The molecule has 0 aromatic heterocycles. The molecule has 1 unspecified atom stereocenters. The van der Waals surface area contributed by atoms with Gasteiger partial charge in [0, 0.05) is 41.9 Å². The van der Waals surface area contributed by atoms with E-state index in [-0.39, 0.29) is 22.3 Å². The molecule has 4 aliphatic rings. The molecule has 1 spiro atoms. The summed E-state index contributed by atoms with van der Waals surface area (Å²) >= 11 is 10.1. The minimum Gasteiger partial charge on any atom is -0.490 e. The second-order valence-corrected chi connectivity index (χ2v) is 15.9. The molecule has 1 fully saturated rings. The minimum atomic E-state index is -2.16. The highest BCUT2D eigenvalue weighted by Crippen LogP contribution is 2.48. The highest BCUT2D eigenvalue weighted by Gasteiger charge is 2.47. The number of carbonyl (C=O) groups excluding carboxylic acids is 2. The molecule has 8 nitrogen and oxygen atoms in total. The molecule has 2 aromatic carbocycles. The van der Waals surface area contributed by atoms with Crippen LogP contribution >= 0.6 is 27.5 Å². The van der Waals surface area contributed by atoms with E-state index in [9.17, 15) is 14.7 Å². The molecule has 1 saturated carbocycles. The Labute approximate surface area is 291 Å². The molecule has 6 atom stereocenters. The van der Waals surface area contributed by atoms with Gasteiger partial charge in [-0.2, -0.15) is 0 Å². The topological polar surface area (TPSA) is 88.5 Å². The predicted octanol–water partition coefficient (Wildman–Crippen LogP) is 6.18. The molecular weight excluding hydrogens is 684 g/mol. The van der Waals surface area contributed by atoms with Crippen molar-refractivity contribution in [1.29, 1.82) is 0 Å². The van der Waals surface area contributed by atoms with Gasteiger partial charge in [0.1, 0.15) is 5.75 Å². The van der Waals surface area contributed by atoms with Crippen LogP contribution in [0.4, 0.5) is 5.69 Å². The van der Waals surface area contributed by atoms with Crippen molar-refractivity contribution < 1.29 is 28.9 Å². The molecule has 2 bridgehead atoms. The molecule has 2 aliphatic heterocycles. The van der Waals surface area contributed by atoms with Crippen LogP contribution in [0.3, 0.4) is 0 Å². The van der Waals surface area contributed by atoms with E-state index in [4.69, 9.17) is 25.8 Å². The van der Waals surface area contributed by atoms with E-state index in [0.29, 0.717) is 55.9 Å². The lowest BCUT2D eigenvalue weighted by Crippen LogP contribution is -2.50. The maximum Gasteiger partial charge on any atom is 0.343 e. The van der Waals surface area contributed by atoms with Crippen LogP contribution in [-0.4, -0.2) is 79.8 Å². The quantitative estimate of drug-likeness (QED) is 0.229. The van der Waals surface area contributed by atoms with Gasteiger partial charge in [0.2, 0.25) is 5.91 Å². The van der Waals surface area contributed by atoms with Gasteiger partial charge in [-0.05, 0) is 91.3 Å². The zero-order valence-corrected chi connectivity index (χ0v) is 29.9. The number of benzene rings is 2. The number of fused-ring (bicyclic) bond motifs is 4. The van der Waals surface area contributed by atoms with Crippen LogP contribution in [0.1, 0.15) is 62.1 Å². The normalized spacial score (nSPS) is 30.7. The van der Waals surface area contributed by atoms with Crippen molar-refractivity contribution in [3.8, 4) is 5.75 Å². The molecule has 1 amide bonds. The number of anilines is 1. The number of methoxy groups -OCH3 is 1. The molecular formula is C37H46BrClN2O6. The molecule has 0 saturated heterocycles. The Kier molecular flexibility index (Phi) is 10.3. The van der Waals surface area contributed by atoms with E-state index in [1.54, 1.807) is 18.0 Å². The van der Waals surface area contributed by atoms with Gasteiger partial charge < -0.3 is 29.1 Å². The SMILES string of the molecule is COC(=O)[C@@]1(O)CC(=O)N(C)CC/C=C/[C@H](OCC(C)Br)[C@@H]2CC[C@H]2CN2C[C@@]3(CCCc4cc(Cl)ccc43)COc3ccc1cc32. The lowest BCUT2D eigenvalue weighted by Gasteiger charge is -2.46. The molecule has 6 rings (SSSR count). The predicted molar refractivity (Wildman–Crippen MR) is 186 cm³/mol. The first-order chi connectivity index (χ1) is 22.5. The van der Waals surface area contributed by atoms with Gasteiger partial charge in [-0.1, -0.05) is 58.7 Å². The molecule has 0 radical (unpaired) electrons. The Bertz CT molecular complexity index is 1520. The molecule has 2 heterocycles. The second kappa shape index (κ2) is 14.1. The third kappa shape index (κ3) is 6.96. The van der Waals surface area contributed by atoms with Crippen LogP contribution in [-0.2, 0) is 36.5 Å². The summed E-state index contributed by atoms with van der Waals surface area (Å²) in [6.45, 7) is 5.12. The number of hydrogen-bond acceptors (Lipinski definition) is 7. The maximum absolute atomic E-state index is 13.4. The fourth-order valence-electron chi connectivity index (χ4n) is 7.91. The van der Waals surface area contributed by atoms with Crippen LogP contribution in [0.2, 0.25) is 5.02 Å². The third-order valence-electron chi connectivity index (χ3n) is 10.7. The van der Waals surface area contributed by atoms with Crippen LogP contribution in [0.5, 0.6) is 5.75 Å². The van der Waals surface area contributed by atoms with E-state index in [1.165, 1.54) is 18.2 Å². The second-order valence-electron chi connectivity index (χ2n) is 13.9. The first-order valence-electron chi connectivity index (χ1n) is 16.8. The molecule has 1 N–H and O–H groups in total. The molecule has 2 aliphatic carbocycles. The third-order valence-corrected chi connectivity index (χ3v) is 11.2. The van der Waals surface area contributed by atoms with Crippen molar-refractivity contribution in [3.05, 3.63) is 70.3 Å². The zero-order chi connectivity index (χ0) is 33.3. The fraction of sp³-hybridized carbons (Fsp3) is 0.568. The van der Waals surface area contributed by atoms with Crippen LogP contribution in [0.15, 0.2) is 48.6 Å². The number of nitrogens with zero attached hydrogens (tertiary/aromatic N) is 2. The van der Waals surface area contributed by atoms with E-state index in [2.05, 4.69) is 52.0 Å². The van der Waals surface area contributed by atoms with Gasteiger partial charge in [0.05, 0.1) is 38.5 Å². The Morgan fingerprint density at radius 2 is 2.06 bits per heavy atom. The Balaban J connectivity index is 1.45. The van der Waals surface area contributed by atoms with Crippen molar-refractivity contribution in [2.45, 2.75) is 73.8 Å². The van der Waals surface area contributed by atoms with Gasteiger partial charge in [-0.3, -0.25) is 4.79 Å². The zero-order valence-electron chi connectivity index (χ0n) is 27.6. The lowest BCUT2D eigenvalue weighted by molar-refractivity contribution is -0.168. The summed E-state index contributed by atoms with van der Waals surface area (Å²) in [7, 11) is 2.93. The number of esters is 1.